The third-order valence-electron chi connectivity index (χ3n) is 4.40. The fourth-order valence-corrected chi connectivity index (χ4v) is 2.97. The molecule has 2 rings (SSSR count). The minimum Gasteiger partial charge on any atom is -0.428 e. The summed E-state index contributed by atoms with van der Waals surface area (Å²) in [6.07, 6.45) is -12.6. The third-order valence-corrected chi connectivity index (χ3v) is 4.40. The smallest absolute Gasteiger partial charge is 0.428 e. The Morgan fingerprint density at radius 3 is 0.909 bits per heavy atom. The molecule has 0 bridgehead atoms. The highest BCUT2D eigenvalue weighted by molar-refractivity contribution is 5.34. The molecule has 0 amide bonds. The zero-order chi connectivity index (χ0) is 25.6. The summed E-state index contributed by atoms with van der Waals surface area (Å²) >= 11 is 0. The van der Waals surface area contributed by atoms with E-state index in [1.165, 1.54) is 39.8 Å². The molecule has 184 valence electrons. The Labute approximate surface area is 182 Å². The summed E-state index contributed by atoms with van der Waals surface area (Å²) in [5, 5.41) is 0. The highest BCUT2D eigenvalue weighted by Crippen LogP contribution is 2.57. The van der Waals surface area contributed by atoms with Crippen molar-refractivity contribution in [2.24, 2.45) is 0 Å². The average Bonchev–Trinajstić information content (AvgIpc) is 2.58. The molecule has 0 fully saturated rings. The van der Waals surface area contributed by atoms with Gasteiger partial charge in [0.1, 0.15) is 11.5 Å². The second kappa shape index (κ2) is 8.28. The lowest BCUT2D eigenvalue weighted by Gasteiger charge is -2.38. The molecule has 0 aromatic heterocycles. The largest absolute Gasteiger partial charge is 0.471 e. The van der Waals surface area contributed by atoms with E-state index >= 15 is 0 Å². The predicted molar refractivity (Wildman–Crippen MR) is 97.8 cm³/mol. The van der Waals surface area contributed by atoms with E-state index in [1.54, 1.807) is 0 Å². The van der Waals surface area contributed by atoms with Gasteiger partial charge in [0, 0.05) is 0 Å². The molecule has 2 nitrogen and oxygen atoms in total. The molecule has 0 atom stereocenters. The van der Waals surface area contributed by atoms with E-state index < -0.39 is 41.5 Å². The number of hydrogen-bond acceptors (Lipinski definition) is 2. The predicted octanol–water partition coefficient (Wildman–Crippen LogP) is 7.47. The first-order valence-corrected chi connectivity index (χ1v) is 9.17. The summed E-state index contributed by atoms with van der Waals surface area (Å²) in [4.78, 5) is 0. The molecule has 2 aromatic carbocycles. The first-order valence-electron chi connectivity index (χ1n) is 9.17. The summed E-state index contributed by atoms with van der Waals surface area (Å²) in [5.41, 5.74) is 0.758. The maximum Gasteiger partial charge on any atom is 0.471 e. The van der Waals surface area contributed by atoms with Gasteiger partial charge in [-0.2, -0.15) is 43.9 Å². The molecule has 0 spiro atoms. The molecule has 0 saturated carbocycles. The molecular weight excluding hydrogens is 474 g/mol. The Morgan fingerprint density at radius 2 is 0.667 bits per heavy atom. The first kappa shape index (κ1) is 26.6. The second-order valence-corrected chi connectivity index (χ2v) is 7.61. The van der Waals surface area contributed by atoms with Crippen LogP contribution in [0.1, 0.15) is 22.3 Å². The summed E-state index contributed by atoms with van der Waals surface area (Å²) in [6, 6.07) is 5.74. The molecular formula is C21H18F10O2. The molecule has 0 heterocycles. The molecule has 2 aromatic rings. The maximum absolute atomic E-state index is 14.1. The molecule has 0 aliphatic rings. The highest BCUT2D eigenvalue weighted by Gasteiger charge is 2.89. The van der Waals surface area contributed by atoms with Gasteiger partial charge in [-0.15, -0.1) is 0 Å². The summed E-state index contributed by atoms with van der Waals surface area (Å²) in [5.74, 6) is -23.6. The van der Waals surface area contributed by atoms with E-state index in [0.717, 1.165) is 24.3 Å². The van der Waals surface area contributed by atoms with Gasteiger partial charge in [0.15, 0.2) is 0 Å². The lowest BCUT2D eigenvalue weighted by atomic mass is 10.0. The number of aryl methyl sites for hydroxylation is 4. The Hall–Kier alpha value is -2.66. The van der Waals surface area contributed by atoms with Crippen LogP contribution >= 0.6 is 0 Å². The van der Waals surface area contributed by atoms with Gasteiger partial charge in [0.2, 0.25) is 0 Å². The highest BCUT2D eigenvalue weighted by atomic mass is 19.4. The van der Waals surface area contributed by atoms with Crippen LogP contribution in [-0.2, 0) is 0 Å². The van der Waals surface area contributed by atoms with Crippen molar-refractivity contribution in [2.75, 3.05) is 0 Å². The molecule has 0 aliphatic carbocycles. The van der Waals surface area contributed by atoms with Crippen LogP contribution in [0.3, 0.4) is 0 Å². The van der Waals surface area contributed by atoms with Crippen LogP contribution in [0.15, 0.2) is 36.4 Å². The number of hydrogen-bond donors (Lipinski definition) is 0. The van der Waals surface area contributed by atoms with Gasteiger partial charge in [-0.05, 0) is 74.2 Å². The van der Waals surface area contributed by atoms with Crippen molar-refractivity contribution in [3.8, 4) is 11.5 Å². The average molecular weight is 492 g/mol. The van der Waals surface area contributed by atoms with Crippen LogP contribution in [0, 0.1) is 27.7 Å². The van der Waals surface area contributed by atoms with Gasteiger partial charge in [-0.3, -0.25) is 0 Å². The Kier molecular flexibility index (Phi) is 6.67. The fraction of sp³-hybridized carbons (Fsp3) is 0.429. The van der Waals surface area contributed by atoms with E-state index in [0.29, 0.717) is 0 Å². The van der Waals surface area contributed by atoms with Crippen LogP contribution in [0.4, 0.5) is 43.9 Å². The van der Waals surface area contributed by atoms with Crippen LogP contribution in [0.25, 0.3) is 0 Å². The number of halogens is 10. The van der Waals surface area contributed by atoms with Crippen LogP contribution in [0.2, 0.25) is 0 Å². The molecule has 0 aliphatic heterocycles. The number of ether oxygens (including phenoxy) is 2. The normalized spacial score (nSPS) is 13.8. The molecule has 0 radical (unpaired) electrons. The minimum absolute atomic E-state index is 0.189. The maximum atomic E-state index is 14.1. The van der Waals surface area contributed by atoms with E-state index in [9.17, 15) is 43.9 Å². The Balaban J connectivity index is 2.43. The van der Waals surface area contributed by atoms with Gasteiger partial charge in [-0.25, -0.2) is 0 Å². The molecule has 0 N–H and O–H groups in total. The van der Waals surface area contributed by atoms with Crippen LogP contribution in [0.5, 0.6) is 11.5 Å². The molecule has 0 unspecified atom stereocenters. The summed E-state index contributed by atoms with van der Waals surface area (Å²) in [6.45, 7) is 5.29. The van der Waals surface area contributed by atoms with E-state index in [1.807, 2.05) is 0 Å². The van der Waals surface area contributed by atoms with Crippen LogP contribution in [-0.4, -0.2) is 30.0 Å². The lowest BCUT2D eigenvalue weighted by Crippen LogP contribution is -2.69. The Bertz CT molecular complexity index is 898. The lowest BCUT2D eigenvalue weighted by molar-refractivity contribution is -0.451. The molecule has 12 heteroatoms. The topological polar surface area (TPSA) is 18.5 Å². The van der Waals surface area contributed by atoms with Crippen molar-refractivity contribution < 1.29 is 53.4 Å². The van der Waals surface area contributed by atoms with Crippen molar-refractivity contribution in [3.05, 3.63) is 58.7 Å². The number of alkyl halides is 10. The summed E-state index contributed by atoms with van der Waals surface area (Å²) < 4.78 is 148. The van der Waals surface area contributed by atoms with Gasteiger partial charge in [-0.1, -0.05) is 12.1 Å². The third kappa shape index (κ3) is 4.84. The van der Waals surface area contributed by atoms with Gasteiger partial charge < -0.3 is 9.47 Å². The molecule has 33 heavy (non-hydrogen) atoms. The fourth-order valence-electron chi connectivity index (χ4n) is 2.97. The zero-order valence-electron chi connectivity index (χ0n) is 17.6. The van der Waals surface area contributed by atoms with Crippen molar-refractivity contribution in [2.45, 2.75) is 57.7 Å². The van der Waals surface area contributed by atoms with Crippen molar-refractivity contribution in [3.63, 3.8) is 0 Å². The zero-order valence-corrected chi connectivity index (χ0v) is 17.6. The van der Waals surface area contributed by atoms with E-state index in [4.69, 9.17) is 0 Å². The summed E-state index contributed by atoms with van der Waals surface area (Å²) in [7, 11) is 0. The quantitative estimate of drug-likeness (QED) is 0.356. The van der Waals surface area contributed by atoms with Crippen molar-refractivity contribution in [1.29, 1.82) is 0 Å². The SMILES string of the molecule is Cc1cc(C)cc(OC(F)(F)C(F)(F)C(F)(F)C(F)(F)C(F)(F)Oc2cc(C)cc(C)c2)c1. The number of rotatable bonds is 8. The van der Waals surface area contributed by atoms with E-state index in [2.05, 4.69) is 9.47 Å². The second-order valence-electron chi connectivity index (χ2n) is 7.61. The monoisotopic (exact) mass is 492 g/mol. The van der Waals surface area contributed by atoms with Crippen LogP contribution < -0.4 is 9.47 Å². The standard InChI is InChI=1S/C21H18F10O2/c1-11-5-12(2)8-15(7-11)32-20(28,29)18(24,25)17(22,23)19(26,27)21(30,31)33-16-9-13(3)6-14(4)10-16/h5-10H,1-4H3. The van der Waals surface area contributed by atoms with E-state index in [-0.39, 0.29) is 22.3 Å². The number of benzene rings is 2. The van der Waals surface area contributed by atoms with Gasteiger partial charge >= 0.3 is 30.0 Å². The van der Waals surface area contributed by atoms with Crippen molar-refractivity contribution in [1.82, 2.24) is 0 Å². The molecule has 0 saturated heterocycles. The minimum atomic E-state index is -7.31. The Morgan fingerprint density at radius 1 is 0.424 bits per heavy atom. The van der Waals surface area contributed by atoms with Crippen molar-refractivity contribution >= 4 is 0 Å². The van der Waals surface area contributed by atoms with Gasteiger partial charge in [0.25, 0.3) is 0 Å². The first-order chi connectivity index (χ1) is 14.7. The van der Waals surface area contributed by atoms with Gasteiger partial charge in [0.05, 0.1) is 0 Å².